The van der Waals surface area contributed by atoms with Gasteiger partial charge in [0.25, 0.3) is 5.56 Å². The number of carbonyl (C=O) groups is 2. The van der Waals surface area contributed by atoms with Crippen molar-refractivity contribution in [2.45, 2.75) is 45.7 Å². The zero-order chi connectivity index (χ0) is 27.3. The molecular formula is C26H32ClN5O5. The fourth-order valence-corrected chi connectivity index (χ4v) is 4.45. The molecule has 0 aliphatic carbocycles. The zero-order valence-corrected chi connectivity index (χ0v) is 22.3. The van der Waals surface area contributed by atoms with Gasteiger partial charge in [-0.25, -0.2) is 14.6 Å². The quantitative estimate of drug-likeness (QED) is 0.351. The molecule has 0 aliphatic rings. The summed E-state index contributed by atoms with van der Waals surface area (Å²) in [4.78, 5) is 44.3. The SMILES string of the molecule is COCCCNC(=O)Nc1cccc(-n2c([C@H](C)N(C(=O)O)C(C)(C)C)nc3cccc(Cl)c3c2=O)c1. The van der Waals surface area contributed by atoms with E-state index in [4.69, 9.17) is 21.3 Å². The summed E-state index contributed by atoms with van der Waals surface area (Å²) in [7, 11) is 1.59. The number of nitrogens with one attached hydrogen (secondary N) is 2. The molecule has 0 saturated carbocycles. The predicted octanol–water partition coefficient (Wildman–Crippen LogP) is 5.04. The number of benzene rings is 2. The Morgan fingerprint density at radius 3 is 2.57 bits per heavy atom. The average Bonchev–Trinajstić information content (AvgIpc) is 2.80. The largest absolute Gasteiger partial charge is 0.465 e. The third kappa shape index (κ3) is 6.39. The molecule has 3 amide bonds. The summed E-state index contributed by atoms with van der Waals surface area (Å²) in [5, 5.41) is 15.9. The molecule has 1 heterocycles. The van der Waals surface area contributed by atoms with Crippen LogP contribution in [0.25, 0.3) is 16.6 Å². The van der Waals surface area contributed by atoms with Crippen molar-refractivity contribution in [2.24, 2.45) is 0 Å². The van der Waals surface area contributed by atoms with Crippen LogP contribution in [-0.4, -0.2) is 57.5 Å². The Hall–Kier alpha value is -3.63. The highest BCUT2D eigenvalue weighted by molar-refractivity contribution is 6.35. The maximum atomic E-state index is 13.8. The number of hydrogen-bond acceptors (Lipinski definition) is 5. The molecule has 0 bridgehead atoms. The third-order valence-electron chi connectivity index (χ3n) is 5.74. The predicted molar refractivity (Wildman–Crippen MR) is 144 cm³/mol. The Morgan fingerprint density at radius 1 is 1.22 bits per heavy atom. The van der Waals surface area contributed by atoms with Gasteiger partial charge in [0.05, 0.1) is 27.7 Å². The second-order valence-electron chi connectivity index (χ2n) is 9.52. The molecule has 10 nitrogen and oxygen atoms in total. The van der Waals surface area contributed by atoms with Crippen LogP contribution in [0.15, 0.2) is 47.3 Å². The van der Waals surface area contributed by atoms with E-state index in [1.807, 2.05) is 0 Å². The van der Waals surface area contributed by atoms with Crippen molar-refractivity contribution < 1.29 is 19.4 Å². The normalized spacial score (nSPS) is 12.3. The lowest BCUT2D eigenvalue weighted by atomic mass is 10.0. The smallest absolute Gasteiger partial charge is 0.408 e. The van der Waals surface area contributed by atoms with Gasteiger partial charge in [0.15, 0.2) is 0 Å². The van der Waals surface area contributed by atoms with Gasteiger partial charge in [-0.05, 0) is 64.4 Å². The number of urea groups is 1. The molecule has 0 unspecified atom stereocenters. The molecule has 0 fully saturated rings. The molecule has 3 aromatic rings. The molecule has 0 saturated heterocycles. The number of rotatable bonds is 8. The Labute approximate surface area is 220 Å². The number of aromatic nitrogens is 2. The van der Waals surface area contributed by atoms with Gasteiger partial charge in [-0.1, -0.05) is 23.7 Å². The molecule has 0 spiro atoms. The number of ether oxygens (including phenoxy) is 1. The summed E-state index contributed by atoms with van der Waals surface area (Å²) in [6.07, 6.45) is -0.481. The fourth-order valence-electron chi connectivity index (χ4n) is 4.20. The van der Waals surface area contributed by atoms with E-state index in [-0.39, 0.29) is 16.2 Å². The maximum Gasteiger partial charge on any atom is 0.408 e. The number of halogens is 1. The van der Waals surface area contributed by atoms with E-state index < -0.39 is 29.3 Å². The Kier molecular flexibility index (Phi) is 8.77. The van der Waals surface area contributed by atoms with Crippen molar-refractivity contribution in [3.8, 4) is 5.69 Å². The summed E-state index contributed by atoms with van der Waals surface area (Å²) in [6, 6.07) is 10.4. The van der Waals surface area contributed by atoms with Crippen LogP contribution in [0, 0.1) is 0 Å². The van der Waals surface area contributed by atoms with Crippen LogP contribution >= 0.6 is 11.6 Å². The highest BCUT2D eigenvalue weighted by Crippen LogP contribution is 2.30. The molecule has 11 heteroatoms. The Morgan fingerprint density at radius 2 is 1.92 bits per heavy atom. The minimum atomic E-state index is -1.15. The highest BCUT2D eigenvalue weighted by atomic mass is 35.5. The van der Waals surface area contributed by atoms with Crippen LogP contribution in [0.2, 0.25) is 5.02 Å². The van der Waals surface area contributed by atoms with Crippen LogP contribution in [-0.2, 0) is 4.74 Å². The summed E-state index contributed by atoms with van der Waals surface area (Å²) in [5.74, 6) is 0.221. The number of fused-ring (bicyclic) bond motifs is 1. The van der Waals surface area contributed by atoms with E-state index in [9.17, 15) is 19.5 Å². The van der Waals surface area contributed by atoms with Gasteiger partial charge in [0, 0.05) is 31.5 Å². The lowest BCUT2D eigenvalue weighted by Gasteiger charge is -2.38. The topological polar surface area (TPSA) is 126 Å². The van der Waals surface area contributed by atoms with Gasteiger partial charge in [-0.2, -0.15) is 0 Å². The van der Waals surface area contributed by atoms with Crippen molar-refractivity contribution >= 4 is 40.3 Å². The minimum Gasteiger partial charge on any atom is -0.465 e. The van der Waals surface area contributed by atoms with Crippen molar-refractivity contribution in [1.82, 2.24) is 19.8 Å². The van der Waals surface area contributed by atoms with Gasteiger partial charge >= 0.3 is 12.1 Å². The van der Waals surface area contributed by atoms with Gasteiger partial charge in [0.2, 0.25) is 0 Å². The van der Waals surface area contributed by atoms with Crippen LogP contribution in [0.4, 0.5) is 15.3 Å². The Balaban J connectivity index is 2.14. The monoisotopic (exact) mass is 529 g/mol. The van der Waals surface area contributed by atoms with Crippen LogP contribution in [0.3, 0.4) is 0 Å². The van der Waals surface area contributed by atoms with Gasteiger partial charge in [-0.15, -0.1) is 0 Å². The van der Waals surface area contributed by atoms with Crippen LogP contribution < -0.4 is 16.2 Å². The second kappa shape index (κ2) is 11.6. The van der Waals surface area contributed by atoms with Crippen LogP contribution in [0.5, 0.6) is 0 Å². The number of methoxy groups -OCH3 is 1. The molecule has 3 rings (SSSR count). The molecule has 37 heavy (non-hydrogen) atoms. The molecule has 1 aromatic heterocycles. The van der Waals surface area contributed by atoms with Gasteiger partial charge < -0.3 is 20.5 Å². The van der Waals surface area contributed by atoms with E-state index in [1.54, 1.807) is 77.3 Å². The maximum absolute atomic E-state index is 13.8. The van der Waals surface area contributed by atoms with Gasteiger partial charge in [0.1, 0.15) is 5.82 Å². The number of anilines is 1. The molecule has 198 valence electrons. The van der Waals surface area contributed by atoms with Gasteiger partial charge in [-0.3, -0.25) is 14.3 Å². The van der Waals surface area contributed by atoms with E-state index in [2.05, 4.69) is 10.6 Å². The molecule has 0 radical (unpaired) electrons. The van der Waals surface area contributed by atoms with E-state index in [0.717, 1.165) is 0 Å². The third-order valence-corrected chi connectivity index (χ3v) is 6.05. The molecule has 3 N–H and O–H groups in total. The van der Waals surface area contributed by atoms with E-state index >= 15 is 0 Å². The zero-order valence-electron chi connectivity index (χ0n) is 21.5. The molecule has 1 atom stereocenters. The van der Waals surface area contributed by atoms with Crippen molar-refractivity contribution in [1.29, 1.82) is 0 Å². The lowest BCUT2D eigenvalue weighted by Crippen LogP contribution is -2.47. The minimum absolute atomic E-state index is 0.215. The number of carbonyl (C=O) groups excluding carboxylic acids is 1. The fraction of sp³-hybridized carbons (Fsp3) is 0.385. The standard InChI is InChI=1S/C26H32ClN5O5/c1-16(32(25(35)36)26(2,3)4)22-30-20-12-7-11-19(27)21(20)23(33)31(22)18-10-6-9-17(15-18)29-24(34)28-13-8-14-37-5/h6-7,9-12,15-16H,8,13-14H2,1-5H3,(H,35,36)(H2,28,29,34)/t16-/m0/s1. The number of nitrogens with zero attached hydrogens (tertiary/aromatic N) is 3. The second-order valence-corrected chi connectivity index (χ2v) is 9.93. The number of carboxylic acid groups (broad SMARTS) is 1. The highest BCUT2D eigenvalue weighted by Gasteiger charge is 2.34. The lowest BCUT2D eigenvalue weighted by molar-refractivity contribution is 0.0719. The number of hydrogen-bond donors (Lipinski definition) is 3. The van der Waals surface area contributed by atoms with Crippen molar-refractivity contribution in [3.05, 3.63) is 63.7 Å². The first-order valence-electron chi connectivity index (χ1n) is 11.8. The first kappa shape index (κ1) is 27.9. The van der Waals surface area contributed by atoms with Crippen molar-refractivity contribution in [3.63, 3.8) is 0 Å². The number of amides is 3. The first-order valence-corrected chi connectivity index (χ1v) is 12.2. The van der Waals surface area contributed by atoms with Crippen molar-refractivity contribution in [2.75, 3.05) is 25.6 Å². The first-order chi connectivity index (χ1) is 17.5. The molecular weight excluding hydrogens is 498 g/mol. The summed E-state index contributed by atoms with van der Waals surface area (Å²) in [5.41, 5.74) is -0.0195. The summed E-state index contributed by atoms with van der Waals surface area (Å²) >= 11 is 6.38. The van der Waals surface area contributed by atoms with E-state index in [0.29, 0.717) is 36.5 Å². The Bertz CT molecular complexity index is 1350. The van der Waals surface area contributed by atoms with E-state index in [1.165, 1.54) is 9.47 Å². The summed E-state index contributed by atoms with van der Waals surface area (Å²) in [6.45, 7) is 7.96. The average molecular weight is 530 g/mol. The molecule has 0 aliphatic heterocycles. The molecule has 2 aromatic carbocycles. The van der Waals surface area contributed by atoms with Crippen LogP contribution in [0.1, 0.15) is 46.0 Å². The summed E-state index contributed by atoms with van der Waals surface area (Å²) < 4.78 is 6.33.